The molecule has 3 heteroatoms. The van der Waals surface area contributed by atoms with Gasteiger partial charge >= 0.3 is 0 Å². The van der Waals surface area contributed by atoms with Crippen LogP contribution in [0.3, 0.4) is 0 Å². The van der Waals surface area contributed by atoms with E-state index in [2.05, 4.69) is 36.5 Å². The molecule has 17 heavy (non-hydrogen) atoms. The zero-order valence-corrected chi connectivity index (χ0v) is 11.4. The summed E-state index contributed by atoms with van der Waals surface area (Å²) < 4.78 is 4.57. The Morgan fingerprint density at radius 1 is 1.29 bits per heavy atom. The minimum atomic E-state index is 0.417. The van der Waals surface area contributed by atoms with Crippen molar-refractivity contribution in [1.29, 1.82) is 0 Å². The number of ether oxygens (including phenoxy) is 1. The number of hydrogen-bond donors (Lipinski definition) is 1. The van der Waals surface area contributed by atoms with Crippen molar-refractivity contribution in [3.63, 3.8) is 0 Å². The molecule has 0 spiro atoms. The first-order valence-electron chi connectivity index (χ1n) is 6.33. The van der Waals surface area contributed by atoms with E-state index < -0.39 is 0 Å². The molecule has 0 aromatic heterocycles. The zero-order valence-electron chi connectivity index (χ0n) is 11.4. The van der Waals surface area contributed by atoms with E-state index in [9.17, 15) is 4.79 Å². The van der Waals surface area contributed by atoms with Crippen molar-refractivity contribution in [3.8, 4) is 0 Å². The lowest BCUT2D eigenvalue weighted by Crippen LogP contribution is -1.95. The van der Waals surface area contributed by atoms with Gasteiger partial charge in [0.15, 0.2) is 0 Å². The number of rotatable bonds is 5. The first-order valence-corrected chi connectivity index (χ1v) is 6.33. The molecule has 0 fully saturated rings. The molecule has 0 saturated carbocycles. The number of allylic oxidation sites excluding steroid dienone is 2. The van der Waals surface area contributed by atoms with Crippen LogP contribution < -0.4 is 5.73 Å². The van der Waals surface area contributed by atoms with Gasteiger partial charge in [-0.3, -0.25) is 4.79 Å². The summed E-state index contributed by atoms with van der Waals surface area (Å²) in [6, 6.07) is 0. The Kier molecular flexibility index (Phi) is 18.6. The van der Waals surface area contributed by atoms with Crippen LogP contribution in [0.2, 0.25) is 0 Å². The van der Waals surface area contributed by atoms with Crippen LogP contribution in [0.15, 0.2) is 23.8 Å². The predicted octanol–water partition coefficient (Wildman–Crippen LogP) is 3.21. The minimum Gasteiger partial charge on any atom is -0.463 e. The molecule has 0 unspecified atom stereocenters. The normalized spacial score (nSPS) is 12.4. The Morgan fingerprint density at radius 3 is 2.29 bits per heavy atom. The van der Waals surface area contributed by atoms with Crippen molar-refractivity contribution in [2.24, 2.45) is 5.73 Å². The van der Waals surface area contributed by atoms with Gasteiger partial charge in [0.2, 0.25) is 0 Å². The number of unbranched alkanes of at least 4 members (excludes halogenated alkanes) is 2. The summed E-state index contributed by atoms with van der Waals surface area (Å²) in [5.41, 5.74) is 5.60. The molecular weight excluding hydrogens is 214 g/mol. The van der Waals surface area contributed by atoms with E-state index in [0.717, 1.165) is 18.4 Å². The monoisotopic (exact) mass is 241 g/mol. The lowest BCUT2D eigenvalue weighted by Gasteiger charge is -2.03. The first-order chi connectivity index (χ1) is 8.35. The average Bonchev–Trinajstić information content (AvgIpc) is 2.41. The van der Waals surface area contributed by atoms with Crippen LogP contribution in [0.25, 0.3) is 0 Å². The van der Waals surface area contributed by atoms with Crippen LogP contribution in [-0.2, 0) is 9.53 Å². The van der Waals surface area contributed by atoms with Gasteiger partial charge in [0, 0.05) is 0 Å². The highest BCUT2D eigenvalue weighted by molar-refractivity contribution is 5.38. The molecule has 0 saturated heterocycles. The Labute approximate surface area is 106 Å². The fourth-order valence-electron chi connectivity index (χ4n) is 1.26. The lowest BCUT2D eigenvalue weighted by molar-refractivity contribution is -0.127. The standard InChI is InChI=1S/C8H10O2.C5H12.CH5N/c9-7-10-6-8-4-2-1-3-5-8;1-3-5-4-2;1-2/h2,4-5,7H,1,3,6H2;3-5H2,1-2H3;2H2,1H3. The van der Waals surface area contributed by atoms with Crippen molar-refractivity contribution in [2.45, 2.75) is 46.0 Å². The molecule has 3 nitrogen and oxygen atoms in total. The van der Waals surface area contributed by atoms with Gasteiger partial charge < -0.3 is 10.5 Å². The van der Waals surface area contributed by atoms with Crippen molar-refractivity contribution in [3.05, 3.63) is 23.8 Å². The van der Waals surface area contributed by atoms with Gasteiger partial charge in [-0.1, -0.05) is 51.3 Å². The summed E-state index contributed by atoms with van der Waals surface area (Å²) in [6.07, 6.45) is 12.4. The summed E-state index contributed by atoms with van der Waals surface area (Å²) in [5, 5.41) is 0. The third-order valence-electron chi connectivity index (χ3n) is 2.10. The molecule has 0 radical (unpaired) electrons. The van der Waals surface area contributed by atoms with Gasteiger partial charge in [-0.25, -0.2) is 0 Å². The minimum absolute atomic E-state index is 0.417. The summed E-state index contributed by atoms with van der Waals surface area (Å²) in [7, 11) is 1.50. The zero-order chi connectivity index (χ0) is 13.4. The van der Waals surface area contributed by atoms with E-state index in [1.165, 1.54) is 26.3 Å². The highest BCUT2D eigenvalue weighted by Crippen LogP contribution is 2.08. The SMILES string of the molecule is CCCCC.CN.O=COCC1=CCCC=C1. The Balaban J connectivity index is 0. The Bertz CT molecular complexity index is 208. The fraction of sp³-hybridized carbons (Fsp3) is 0.643. The second-order valence-electron chi connectivity index (χ2n) is 3.52. The number of carbonyl (C=O) groups is 1. The van der Waals surface area contributed by atoms with Gasteiger partial charge in [-0.15, -0.1) is 0 Å². The van der Waals surface area contributed by atoms with Crippen molar-refractivity contribution in [1.82, 2.24) is 0 Å². The van der Waals surface area contributed by atoms with Crippen LogP contribution >= 0.6 is 0 Å². The largest absolute Gasteiger partial charge is 0.463 e. The third-order valence-corrected chi connectivity index (χ3v) is 2.10. The van der Waals surface area contributed by atoms with Gasteiger partial charge in [-0.2, -0.15) is 0 Å². The molecule has 1 aliphatic carbocycles. The highest BCUT2D eigenvalue weighted by Gasteiger charge is 1.95. The van der Waals surface area contributed by atoms with E-state index in [4.69, 9.17) is 0 Å². The number of hydrogen-bond acceptors (Lipinski definition) is 3. The summed E-state index contributed by atoms with van der Waals surface area (Å²) in [5.74, 6) is 0. The Morgan fingerprint density at radius 2 is 1.94 bits per heavy atom. The number of carbonyl (C=O) groups excluding carboxylic acids is 1. The molecule has 0 heterocycles. The molecular formula is C14H27NO2. The maximum Gasteiger partial charge on any atom is 0.293 e. The van der Waals surface area contributed by atoms with Gasteiger partial charge in [0.25, 0.3) is 6.47 Å². The molecule has 0 aliphatic heterocycles. The maximum absolute atomic E-state index is 9.77. The second kappa shape index (κ2) is 17.3. The van der Waals surface area contributed by atoms with Gasteiger partial charge in [0.1, 0.15) is 6.61 Å². The second-order valence-corrected chi connectivity index (χ2v) is 3.52. The van der Waals surface area contributed by atoms with E-state index in [1.54, 1.807) is 0 Å². The van der Waals surface area contributed by atoms with Gasteiger partial charge in [-0.05, 0) is 25.5 Å². The molecule has 0 aromatic carbocycles. The molecule has 0 bridgehead atoms. The fourth-order valence-corrected chi connectivity index (χ4v) is 1.26. The van der Waals surface area contributed by atoms with Crippen LogP contribution in [0.5, 0.6) is 0 Å². The first kappa shape index (κ1) is 18.3. The smallest absolute Gasteiger partial charge is 0.293 e. The topological polar surface area (TPSA) is 52.3 Å². The predicted molar refractivity (Wildman–Crippen MR) is 73.8 cm³/mol. The maximum atomic E-state index is 9.77. The van der Waals surface area contributed by atoms with Gasteiger partial charge in [0.05, 0.1) is 0 Å². The molecule has 0 atom stereocenters. The molecule has 1 rings (SSSR count). The molecule has 100 valence electrons. The van der Waals surface area contributed by atoms with E-state index in [0.29, 0.717) is 13.1 Å². The molecule has 0 amide bonds. The van der Waals surface area contributed by atoms with E-state index in [-0.39, 0.29) is 0 Å². The lowest BCUT2D eigenvalue weighted by atomic mass is 10.1. The number of nitrogens with two attached hydrogens (primary N) is 1. The quantitative estimate of drug-likeness (QED) is 0.752. The molecule has 0 aromatic rings. The van der Waals surface area contributed by atoms with Crippen LogP contribution in [0.4, 0.5) is 0 Å². The van der Waals surface area contributed by atoms with Crippen molar-refractivity contribution < 1.29 is 9.53 Å². The van der Waals surface area contributed by atoms with Crippen molar-refractivity contribution in [2.75, 3.05) is 13.7 Å². The Hall–Kier alpha value is -1.09. The molecule has 2 N–H and O–H groups in total. The molecule has 1 aliphatic rings. The van der Waals surface area contributed by atoms with Crippen LogP contribution in [-0.4, -0.2) is 20.1 Å². The van der Waals surface area contributed by atoms with Crippen LogP contribution in [0.1, 0.15) is 46.0 Å². The van der Waals surface area contributed by atoms with E-state index >= 15 is 0 Å². The van der Waals surface area contributed by atoms with Crippen LogP contribution in [0, 0.1) is 0 Å². The summed E-state index contributed by atoms with van der Waals surface area (Å²) in [4.78, 5) is 9.77. The third kappa shape index (κ3) is 14.9. The van der Waals surface area contributed by atoms with E-state index in [1.807, 2.05) is 6.08 Å². The summed E-state index contributed by atoms with van der Waals surface area (Å²) >= 11 is 0. The van der Waals surface area contributed by atoms with Crippen molar-refractivity contribution >= 4 is 6.47 Å². The highest BCUT2D eigenvalue weighted by atomic mass is 16.5. The average molecular weight is 241 g/mol. The summed E-state index contributed by atoms with van der Waals surface area (Å²) in [6.45, 7) is 5.32.